The molecule has 3 rings (SSSR count). The summed E-state index contributed by atoms with van der Waals surface area (Å²) in [5.41, 5.74) is 3.60. The molecule has 3 nitrogen and oxygen atoms in total. The molecular formula is C13H11N3S. The summed E-state index contributed by atoms with van der Waals surface area (Å²) in [5.74, 6) is 0. The minimum Gasteiger partial charge on any atom is -0.227 e. The molecule has 3 aromatic rings. The van der Waals surface area contributed by atoms with Gasteiger partial charge in [-0.2, -0.15) is 5.10 Å². The first-order valence-corrected chi connectivity index (χ1v) is 6.23. The molecule has 0 atom stereocenters. The molecule has 1 aromatic carbocycles. The van der Waals surface area contributed by atoms with Crippen LogP contribution in [0.15, 0.2) is 48.2 Å². The van der Waals surface area contributed by atoms with Crippen LogP contribution in [0.25, 0.3) is 16.3 Å². The molecule has 2 aromatic heterocycles. The van der Waals surface area contributed by atoms with Gasteiger partial charge in [0.15, 0.2) is 0 Å². The van der Waals surface area contributed by atoms with Gasteiger partial charge in [0.05, 0.1) is 6.20 Å². The summed E-state index contributed by atoms with van der Waals surface area (Å²) in [5, 5.41) is 7.18. The third-order valence-electron chi connectivity index (χ3n) is 2.65. The van der Waals surface area contributed by atoms with Gasteiger partial charge >= 0.3 is 0 Å². The number of hydrogen-bond donors (Lipinski definition) is 0. The summed E-state index contributed by atoms with van der Waals surface area (Å²) in [6, 6.07) is 8.31. The van der Waals surface area contributed by atoms with E-state index < -0.39 is 0 Å². The molecule has 84 valence electrons. The maximum Gasteiger partial charge on any atom is 0.210 e. The van der Waals surface area contributed by atoms with E-state index in [-0.39, 0.29) is 0 Å². The summed E-state index contributed by atoms with van der Waals surface area (Å²) in [6.45, 7) is 2.11. The average Bonchev–Trinajstić information content (AvgIpc) is 3.00. The van der Waals surface area contributed by atoms with E-state index in [0.717, 1.165) is 10.7 Å². The van der Waals surface area contributed by atoms with Crippen molar-refractivity contribution in [3.8, 4) is 16.3 Å². The highest BCUT2D eigenvalue weighted by atomic mass is 32.1. The predicted molar refractivity (Wildman–Crippen MR) is 69.4 cm³/mol. The summed E-state index contributed by atoms with van der Waals surface area (Å²) in [4.78, 5) is 4.23. The summed E-state index contributed by atoms with van der Waals surface area (Å²) < 4.78 is 1.81. The second kappa shape index (κ2) is 4.14. The van der Waals surface area contributed by atoms with Crippen LogP contribution < -0.4 is 0 Å². The van der Waals surface area contributed by atoms with E-state index in [9.17, 15) is 0 Å². The van der Waals surface area contributed by atoms with Crippen molar-refractivity contribution >= 4 is 11.3 Å². The highest BCUT2D eigenvalue weighted by Crippen LogP contribution is 2.23. The molecule has 17 heavy (non-hydrogen) atoms. The molecule has 0 aliphatic heterocycles. The lowest BCUT2D eigenvalue weighted by molar-refractivity contribution is 0.870. The number of aryl methyl sites for hydroxylation is 1. The Labute approximate surface area is 103 Å². The van der Waals surface area contributed by atoms with Gasteiger partial charge in [-0.1, -0.05) is 24.3 Å². The first-order valence-electron chi connectivity index (χ1n) is 5.35. The van der Waals surface area contributed by atoms with Gasteiger partial charge in [-0.3, -0.25) is 0 Å². The Morgan fingerprint density at radius 1 is 1.24 bits per heavy atom. The molecule has 0 fully saturated rings. The molecule has 0 aliphatic rings. The van der Waals surface area contributed by atoms with E-state index in [0.29, 0.717) is 0 Å². The van der Waals surface area contributed by atoms with Crippen LogP contribution in [-0.4, -0.2) is 14.8 Å². The Balaban J connectivity index is 2.04. The second-order valence-electron chi connectivity index (χ2n) is 3.80. The van der Waals surface area contributed by atoms with Crippen molar-refractivity contribution in [3.63, 3.8) is 0 Å². The number of thiazole rings is 1. The molecule has 0 radical (unpaired) electrons. The van der Waals surface area contributed by atoms with Crippen molar-refractivity contribution in [3.05, 3.63) is 53.8 Å². The van der Waals surface area contributed by atoms with Crippen LogP contribution >= 0.6 is 11.3 Å². The Kier molecular flexibility index (Phi) is 2.49. The van der Waals surface area contributed by atoms with Gasteiger partial charge in [0.25, 0.3) is 0 Å². The Bertz CT molecular complexity index is 626. The highest BCUT2D eigenvalue weighted by molar-refractivity contribution is 7.12. The van der Waals surface area contributed by atoms with Gasteiger partial charge in [0, 0.05) is 23.3 Å². The van der Waals surface area contributed by atoms with E-state index in [1.54, 1.807) is 17.5 Å². The maximum atomic E-state index is 4.34. The Morgan fingerprint density at radius 2 is 2.12 bits per heavy atom. The van der Waals surface area contributed by atoms with Crippen molar-refractivity contribution < 1.29 is 0 Å². The van der Waals surface area contributed by atoms with Crippen molar-refractivity contribution in [1.82, 2.24) is 14.8 Å². The number of nitrogens with zero attached hydrogens (tertiary/aromatic N) is 3. The van der Waals surface area contributed by atoms with Crippen LogP contribution in [0.2, 0.25) is 0 Å². The number of benzene rings is 1. The van der Waals surface area contributed by atoms with Crippen molar-refractivity contribution in [2.45, 2.75) is 6.92 Å². The SMILES string of the molecule is Cc1ccccc1-c1cnn(-c2nccs2)c1. The number of aromatic nitrogens is 3. The van der Waals surface area contributed by atoms with Crippen LogP contribution in [0.5, 0.6) is 0 Å². The van der Waals surface area contributed by atoms with Crippen LogP contribution in [-0.2, 0) is 0 Å². The zero-order valence-corrected chi connectivity index (χ0v) is 10.2. The molecule has 0 saturated carbocycles. The maximum absolute atomic E-state index is 4.34. The molecule has 0 amide bonds. The fraction of sp³-hybridized carbons (Fsp3) is 0.0769. The largest absolute Gasteiger partial charge is 0.227 e. The van der Waals surface area contributed by atoms with Crippen LogP contribution in [0, 0.1) is 6.92 Å². The van der Waals surface area contributed by atoms with Gasteiger partial charge in [-0.05, 0) is 18.1 Å². The molecule has 0 spiro atoms. The molecule has 0 N–H and O–H groups in total. The molecule has 2 heterocycles. The number of hydrogen-bond acceptors (Lipinski definition) is 3. The second-order valence-corrected chi connectivity index (χ2v) is 4.68. The fourth-order valence-corrected chi connectivity index (χ4v) is 2.37. The van der Waals surface area contributed by atoms with Gasteiger partial charge in [0.2, 0.25) is 5.13 Å². The Hall–Kier alpha value is -1.94. The first-order chi connectivity index (χ1) is 8.34. The van der Waals surface area contributed by atoms with E-state index >= 15 is 0 Å². The van der Waals surface area contributed by atoms with Crippen molar-refractivity contribution in [2.75, 3.05) is 0 Å². The van der Waals surface area contributed by atoms with Gasteiger partial charge in [-0.15, -0.1) is 11.3 Å². The molecule has 0 unspecified atom stereocenters. The summed E-state index contributed by atoms with van der Waals surface area (Å²) in [7, 11) is 0. The monoisotopic (exact) mass is 241 g/mol. The van der Waals surface area contributed by atoms with E-state index in [2.05, 4.69) is 29.1 Å². The smallest absolute Gasteiger partial charge is 0.210 e. The lowest BCUT2D eigenvalue weighted by Gasteiger charge is -2.00. The zero-order valence-electron chi connectivity index (χ0n) is 9.37. The van der Waals surface area contributed by atoms with E-state index in [1.165, 1.54) is 11.1 Å². The highest BCUT2D eigenvalue weighted by Gasteiger charge is 2.06. The topological polar surface area (TPSA) is 30.7 Å². The van der Waals surface area contributed by atoms with Crippen LogP contribution in [0.1, 0.15) is 5.56 Å². The molecule has 4 heteroatoms. The van der Waals surface area contributed by atoms with Gasteiger partial charge in [-0.25, -0.2) is 9.67 Å². The third kappa shape index (κ3) is 1.87. The standard InChI is InChI=1S/C13H11N3S/c1-10-4-2-3-5-12(10)11-8-15-16(9-11)13-14-6-7-17-13/h2-9H,1H3. The minimum absolute atomic E-state index is 0.893. The van der Waals surface area contributed by atoms with Crippen LogP contribution in [0.4, 0.5) is 0 Å². The minimum atomic E-state index is 0.893. The summed E-state index contributed by atoms with van der Waals surface area (Å²) >= 11 is 1.58. The molecule has 0 aliphatic carbocycles. The lowest BCUT2D eigenvalue weighted by atomic mass is 10.0. The molecule has 0 saturated heterocycles. The van der Waals surface area contributed by atoms with Gasteiger partial charge in [0.1, 0.15) is 0 Å². The average molecular weight is 241 g/mol. The van der Waals surface area contributed by atoms with Crippen molar-refractivity contribution in [2.24, 2.45) is 0 Å². The summed E-state index contributed by atoms with van der Waals surface area (Å²) in [6.07, 6.45) is 5.68. The fourth-order valence-electron chi connectivity index (χ4n) is 1.79. The van der Waals surface area contributed by atoms with E-state index in [4.69, 9.17) is 0 Å². The van der Waals surface area contributed by atoms with Crippen LogP contribution in [0.3, 0.4) is 0 Å². The zero-order chi connectivity index (χ0) is 11.7. The van der Waals surface area contributed by atoms with Crippen molar-refractivity contribution in [1.29, 1.82) is 0 Å². The Morgan fingerprint density at radius 3 is 2.88 bits per heavy atom. The lowest BCUT2D eigenvalue weighted by Crippen LogP contribution is -1.91. The predicted octanol–water partition coefficient (Wildman–Crippen LogP) is 3.30. The normalized spacial score (nSPS) is 10.6. The molecular weight excluding hydrogens is 230 g/mol. The van der Waals surface area contributed by atoms with Gasteiger partial charge < -0.3 is 0 Å². The van der Waals surface area contributed by atoms with E-state index in [1.807, 2.05) is 34.6 Å². The third-order valence-corrected chi connectivity index (χ3v) is 3.42. The number of rotatable bonds is 2. The quantitative estimate of drug-likeness (QED) is 0.689. The molecule has 0 bridgehead atoms. The first kappa shape index (κ1) is 10.2.